The van der Waals surface area contributed by atoms with E-state index in [4.69, 9.17) is 29.5 Å². The van der Waals surface area contributed by atoms with Crippen LogP contribution in [0.2, 0.25) is 0 Å². The van der Waals surface area contributed by atoms with Gasteiger partial charge in [0.15, 0.2) is 5.78 Å². The largest absolute Gasteiger partial charge is 0.491 e. The monoisotopic (exact) mass is 390 g/mol. The van der Waals surface area contributed by atoms with E-state index in [1.54, 1.807) is 42.5 Å². The number of aliphatic hydroxyl groups is 3. The first kappa shape index (κ1) is 21.8. The van der Waals surface area contributed by atoms with Crippen LogP contribution in [0.5, 0.6) is 11.5 Å². The Morgan fingerprint density at radius 2 is 1.39 bits per heavy atom. The zero-order valence-corrected chi connectivity index (χ0v) is 15.7. The molecule has 7 nitrogen and oxygen atoms in total. The Balaban J connectivity index is 2.15. The first-order valence-corrected chi connectivity index (χ1v) is 9.13. The fourth-order valence-electron chi connectivity index (χ4n) is 2.59. The average molecular weight is 390 g/mol. The van der Waals surface area contributed by atoms with Crippen molar-refractivity contribution in [2.24, 2.45) is 0 Å². The third-order valence-corrected chi connectivity index (χ3v) is 3.90. The van der Waals surface area contributed by atoms with E-state index in [2.05, 4.69) is 0 Å². The van der Waals surface area contributed by atoms with Gasteiger partial charge >= 0.3 is 0 Å². The lowest BCUT2D eigenvalue weighted by atomic mass is 9.99. The zero-order chi connectivity index (χ0) is 20.2. The SMILES string of the molecule is O=C(c1ccc(OCCO)cc1)c1ccc(OCCO)c(CCOCCO)c1. The van der Waals surface area contributed by atoms with E-state index in [0.717, 1.165) is 5.56 Å². The van der Waals surface area contributed by atoms with E-state index >= 15 is 0 Å². The predicted octanol–water partition coefficient (Wildman–Crippen LogP) is 1.21. The van der Waals surface area contributed by atoms with Crippen LogP contribution in [0.3, 0.4) is 0 Å². The van der Waals surface area contributed by atoms with E-state index in [-0.39, 0.29) is 45.4 Å². The molecule has 0 amide bonds. The second kappa shape index (κ2) is 12.1. The second-order valence-corrected chi connectivity index (χ2v) is 5.91. The van der Waals surface area contributed by atoms with Gasteiger partial charge in [-0.3, -0.25) is 4.79 Å². The molecule has 0 aromatic heterocycles. The van der Waals surface area contributed by atoms with Crippen molar-refractivity contribution in [3.8, 4) is 11.5 Å². The molecule has 2 aromatic rings. The van der Waals surface area contributed by atoms with Crippen molar-refractivity contribution >= 4 is 5.78 Å². The van der Waals surface area contributed by atoms with Crippen LogP contribution in [0, 0.1) is 0 Å². The minimum absolute atomic E-state index is 0.0512. The average Bonchev–Trinajstić information content (AvgIpc) is 2.74. The molecule has 3 N–H and O–H groups in total. The zero-order valence-electron chi connectivity index (χ0n) is 15.7. The van der Waals surface area contributed by atoms with Crippen molar-refractivity contribution in [3.63, 3.8) is 0 Å². The van der Waals surface area contributed by atoms with E-state index in [9.17, 15) is 4.79 Å². The minimum Gasteiger partial charge on any atom is -0.491 e. The highest BCUT2D eigenvalue weighted by Crippen LogP contribution is 2.23. The summed E-state index contributed by atoms with van der Waals surface area (Å²) in [5.74, 6) is 1.03. The number of hydrogen-bond acceptors (Lipinski definition) is 7. The molecule has 7 heteroatoms. The van der Waals surface area contributed by atoms with Gasteiger partial charge in [0, 0.05) is 11.1 Å². The van der Waals surface area contributed by atoms with Crippen molar-refractivity contribution in [2.75, 3.05) is 46.2 Å². The molecule has 28 heavy (non-hydrogen) atoms. The summed E-state index contributed by atoms with van der Waals surface area (Å²) in [4.78, 5) is 12.8. The topological polar surface area (TPSA) is 105 Å². The highest BCUT2D eigenvalue weighted by Gasteiger charge is 2.13. The summed E-state index contributed by atoms with van der Waals surface area (Å²) < 4.78 is 16.1. The van der Waals surface area contributed by atoms with Crippen LogP contribution in [0.25, 0.3) is 0 Å². The second-order valence-electron chi connectivity index (χ2n) is 5.91. The molecule has 2 rings (SSSR count). The van der Waals surface area contributed by atoms with E-state index < -0.39 is 0 Å². The first-order chi connectivity index (χ1) is 13.7. The van der Waals surface area contributed by atoms with Gasteiger partial charge < -0.3 is 29.5 Å². The first-order valence-electron chi connectivity index (χ1n) is 9.13. The lowest BCUT2D eigenvalue weighted by molar-refractivity contribution is 0.0939. The van der Waals surface area contributed by atoms with Gasteiger partial charge in [0.1, 0.15) is 24.7 Å². The van der Waals surface area contributed by atoms with Crippen LogP contribution in [-0.4, -0.2) is 67.4 Å². The molecule has 0 fully saturated rings. The van der Waals surface area contributed by atoms with Crippen molar-refractivity contribution in [3.05, 3.63) is 59.2 Å². The number of ketones is 1. The minimum atomic E-state index is -0.139. The van der Waals surface area contributed by atoms with Gasteiger partial charge in [-0.05, 0) is 54.4 Å². The molecule has 0 radical (unpaired) electrons. The number of benzene rings is 2. The number of hydrogen-bond donors (Lipinski definition) is 3. The van der Waals surface area contributed by atoms with Gasteiger partial charge in [0.05, 0.1) is 33.0 Å². The summed E-state index contributed by atoms with van der Waals surface area (Å²) in [6, 6.07) is 11.9. The molecule has 0 bridgehead atoms. The van der Waals surface area contributed by atoms with Crippen LogP contribution >= 0.6 is 0 Å². The molecular formula is C21H26O7. The quantitative estimate of drug-likeness (QED) is 0.349. The predicted molar refractivity (Wildman–Crippen MR) is 103 cm³/mol. The van der Waals surface area contributed by atoms with Gasteiger partial charge in [-0.2, -0.15) is 0 Å². The van der Waals surface area contributed by atoms with Crippen LogP contribution in [0.15, 0.2) is 42.5 Å². The van der Waals surface area contributed by atoms with Crippen molar-refractivity contribution in [1.82, 2.24) is 0 Å². The Morgan fingerprint density at radius 1 is 0.750 bits per heavy atom. The summed E-state index contributed by atoms with van der Waals surface area (Å²) in [5, 5.41) is 26.6. The maximum absolute atomic E-state index is 12.8. The van der Waals surface area contributed by atoms with Crippen LogP contribution in [0.1, 0.15) is 21.5 Å². The van der Waals surface area contributed by atoms with Gasteiger partial charge in [0.2, 0.25) is 0 Å². The van der Waals surface area contributed by atoms with Gasteiger partial charge in [-0.15, -0.1) is 0 Å². The molecule has 0 aliphatic rings. The maximum atomic E-state index is 12.8. The van der Waals surface area contributed by atoms with Crippen molar-refractivity contribution in [1.29, 1.82) is 0 Å². The number of carbonyl (C=O) groups is 1. The van der Waals surface area contributed by atoms with Crippen LogP contribution < -0.4 is 9.47 Å². The number of aliphatic hydroxyl groups excluding tert-OH is 3. The summed E-state index contributed by atoms with van der Waals surface area (Å²) in [5.41, 5.74) is 1.82. The normalized spacial score (nSPS) is 10.7. The van der Waals surface area contributed by atoms with Crippen molar-refractivity contribution < 1.29 is 34.3 Å². The Bertz CT molecular complexity index is 728. The summed E-state index contributed by atoms with van der Waals surface area (Å²) in [6.45, 7) is 0.755. The molecule has 0 saturated heterocycles. The highest BCUT2D eigenvalue weighted by molar-refractivity contribution is 6.09. The van der Waals surface area contributed by atoms with E-state index in [0.29, 0.717) is 35.7 Å². The molecule has 0 aliphatic carbocycles. The van der Waals surface area contributed by atoms with Gasteiger partial charge in [-0.25, -0.2) is 0 Å². The van der Waals surface area contributed by atoms with Gasteiger partial charge in [-0.1, -0.05) is 0 Å². The summed E-state index contributed by atoms with van der Waals surface area (Å²) >= 11 is 0. The third kappa shape index (κ3) is 6.61. The fraction of sp³-hybridized carbons (Fsp3) is 0.381. The Labute approximate surface area is 164 Å². The van der Waals surface area contributed by atoms with E-state index in [1.165, 1.54) is 0 Å². The molecule has 0 heterocycles. The highest BCUT2D eigenvalue weighted by atomic mass is 16.5. The van der Waals surface area contributed by atoms with Gasteiger partial charge in [0.25, 0.3) is 0 Å². The number of ether oxygens (including phenoxy) is 3. The molecule has 0 saturated carbocycles. The molecule has 0 atom stereocenters. The number of carbonyl (C=O) groups excluding carboxylic acids is 1. The summed E-state index contributed by atoms with van der Waals surface area (Å²) in [7, 11) is 0. The molecule has 0 aliphatic heterocycles. The fourth-order valence-corrected chi connectivity index (χ4v) is 2.59. The maximum Gasteiger partial charge on any atom is 0.193 e. The van der Waals surface area contributed by atoms with Crippen LogP contribution in [0.4, 0.5) is 0 Å². The Hall–Kier alpha value is -2.45. The Kier molecular flexibility index (Phi) is 9.44. The molecular weight excluding hydrogens is 364 g/mol. The number of rotatable bonds is 13. The molecule has 152 valence electrons. The molecule has 2 aromatic carbocycles. The van der Waals surface area contributed by atoms with Crippen LogP contribution in [-0.2, 0) is 11.2 Å². The Morgan fingerprint density at radius 3 is 2.07 bits per heavy atom. The lowest BCUT2D eigenvalue weighted by Crippen LogP contribution is -2.09. The van der Waals surface area contributed by atoms with Crippen molar-refractivity contribution in [2.45, 2.75) is 6.42 Å². The summed E-state index contributed by atoms with van der Waals surface area (Å²) in [6.07, 6.45) is 0.510. The molecule has 0 unspecified atom stereocenters. The third-order valence-electron chi connectivity index (χ3n) is 3.90. The lowest BCUT2D eigenvalue weighted by Gasteiger charge is -2.13. The smallest absolute Gasteiger partial charge is 0.193 e. The standard InChI is InChI=1S/C21H26O7/c22-8-12-26-11-7-17-15-18(3-6-20(17)28-14-10-24)21(25)16-1-4-19(5-2-16)27-13-9-23/h1-6,15,22-24H,7-14H2. The molecule has 0 spiro atoms. The van der Waals surface area contributed by atoms with E-state index in [1.807, 2.05) is 0 Å².